The van der Waals surface area contributed by atoms with Gasteiger partial charge in [-0.15, -0.1) is 11.3 Å². The molecule has 1 atom stereocenters. The maximum Gasteiger partial charge on any atom is 0.511 e. The van der Waals surface area contributed by atoms with E-state index in [1.807, 2.05) is 22.1 Å². The van der Waals surface area contributed by atoms with Crippen molar-refractivity contribution in [1.82, 2.24) is 14.5 Å². The molecule has 11 heteroatoms. The van der Waals surface area contributed by atoms with Crippen molar-refractivity contribution >= 4 is 50.2 Å². The van der Waals surface area contributed by atoms with Crippen LogP contribution in [0, 0.1) is 17.6 Å². The first-order chi connectivity index (χ1) is 19.4. The molecule has 2 aromatic carbocycles. The van der Waals surface area contributed by atoms with Crippen molar-refractivity contribution in [3.63, 3.8) is 0 Å². The molecule has 1 aliphatic carbocycles. The quantitative estimate of drug-likeness (QED) is 0.193. The number of imidazole rings is 1. The summed E-state index contributed by atoms with van der Waals surface area (Å²) in [6, 6.07) is 11.0. The number of fused-ring (bicyclic) bond motifs is 2. The summed E-state index contributed by atoms with van der Waals surface area (Å²) in [4.78, 5) is 20.2. The van der Waals surface area contributed by atoms with Crippen molar-refractivity contribution in [3.8, 4) is 23.0 Å². The van der Waals surface area contributed by atoms with Gasteiger partial charge in [-0.1, -0.05) is 30.9 Å². The number of carbonyl (C=O) groups is 1. The Morgan fingerprint density at radius 1 is 1.12 bits per heavy atom. The molecule has 0 saturated heterocycles. The predicted molar refractivity (Wildman–Crippen MR) is 149 cm³/mol. The molecule has 0 aliphatic heterocycles. The molecule has 1 fully saturated rings. The van der Waals surface area contributed by atoms with Crippen LogP contribution in [0.3, 0.4) is 0 Å². The van der Waals surface area contributed by atoms with Crippen LogP contribution in [-0.2, 0) is 0 Å². The average molecular weight is 584 g/mol. The van der Waals surface area contributed by atoms with Crippen molar-refractivity contribution in [1.29, 1.82) is 0 Å². The van der Waals surface area contributed by atoms with E-state index < -0.39 is 17.8 Å². The van der Waals surface area contributed by atoms with Gasteiger partial charge in [0.2, 0.25) is 5.88 Å². The Morgan fingerprint density at radius 3 is 2.62 bits per heavy atom. The van der Waals surface area contributed by atoms with Crippen LogP contribution in [-0.4, -0.2) is 32.4 Å². The van der Waals surface area contributed by atoms with Gasteiger partial charge >= 0.3 is 6.16 Å². The largest absolute Gasteiger partial charge is 0.511 e. The molecule has 1 aliphatic rings. The lowest BCUT2D eigenvalue weighted by Gasteiger charge is -2.32. The highest BCUT2D eigenvalue weighted by Crippen LogP contribution is 2.40. The molecule has 1 unspecified atom stereocenters. The lowest BCUT2D eigenvalue weighted by atomic mass is 9.83. The first-order valence-corrected chi connectivity index (χ1v) is 14.2. The van der Waals surface area contributed by atoms with Gasteiger partial charge in [0, 0.05) is 22.7 Å². The molecule has 0 bridgehead atoms. The van der Waals surface area contributed by atoms with E-state index >= 15 is 0 Å². The summed E-state index contributed by atoms with van der Waals surface area (Å²) in [6.07, 6.45) is 5.06. The van der Waals surface area contributed by atoms with E-state index in [0.29, 0.717) is 37.8 Å². The van der Waals surface area contributed by atoms with E-state index in [9.17, 15) is 13.6 Å². The lowest BCUT2D eigenvalue weighted by molar-refractivity contribution is 0.144. The number of nitrogens with zero attached hydrogens (tertiary/aromatic N) is 3. The van der Waals surface area contributed by atoms with E-state index in [1.54, 1.807) is 18.2 Å². The summed E-state index contributed by atoms with van der Waals surface area (Å²) >= 11 is 7.47. The molecule has 5 aromatic rings. The summed E-state index contributed by atoms with van der Waals surface area (Å²) in [5.74, 6) is -0.679. The average Bonchev–Trinajstić information content (AvgIpc) is 3.57. The second-order valence-electron chi connectivity index (χ2n) is 9.80. The van der Waals surface area contributed by atoms with Crippen LogP contribution in [0.25, 0.3) is 32.5 Å². The van der Waals surface area contributed by atoms with Crippen molar-refractivity contribution in [3.05, 3.63) is 70.7 Å². The van der Waals surface area contributed by atoms with Gasteiger partial charge in [-0.05, 0) is 54.5 Å². The lowest BCUT2D eigenvalue weighted by Crippen LogP contribution is -2.28. The van der Waals surface area contributed by atoms with Gasteiger partial charge in [-0.25, -0.2) is 23.5 Å². The third kappa shape index (κ3) is 5.09. The Labute approximate surface area is 237 Å². The number of hydrogen-bond acceptors (Lipinski definition) is 6. The summed E-state index contributed by atoms with van der Waals surface area (Å²) < 4.78 is 42.7. The van der Waals surface area contributed by atoms with Crippen LogP contribution in [0.15, 0.2) is 54.0 Å². The molecule has 0 radical (unpaired) electrons. The van der Waals surface area contributed by atoms with Gasteiger partial charge in [0.1, 0.15) is 12.4 Å². The zero-order valence-corrected chi connectivity index (χ0v) is 22.7. The second kappa shape index (κ2) is 11.0. The maximum atomic E-state index is 14.6. The molecule has 3 aromatic heterocycles. The molecule has 1 saturated carbocycles. The van der Waals surface area contributed by atoms with Gasteiger partial charge in [0.25, 0.3) is 0 Å². The molecule has 7 nitrogen and oxygen atoms in total. The Morgan fingerprint density at radius 2 is 1.88 bits per heavy atom. The minimum Gasteiger partial charge on any atom is -0.475 e. The molecule has 206 valence electrons. The van der Waals surface area contributed by atoms with Crippen molar-refractivity contribution < 1.29 is 28.2 Å². The van der Waals surface area contributed by atoms with Crippen LogP contribution in [0.4, 0.5) is 13.6 Å². The molecular formula is C29H24ClF2N3O4S. The fourth-order valence-electron chi connectivity index (χ4n) is 5.53. The number of ether oxygens (including phenoxy) is 2. The Bertz CT molecular complexity index is 1700. The first kappa shape index (κ1) is 26.5. The number of thiophene rings is 1. The highest BCUT2D eigenvalue weighted by atomic mass is 35.5. The fourth-order valence-corrected chi connectivity index (χ4v) is 6.49. The number of rotatable bonds is 7. The minimum absolute atomic E-state index is 0.136. The van der Waals surface area contributed by atoms with Gasteiger partial charge in [0.15, 0.2) is 17.4 Å². The summed E-state index contributed by atoms with van der Waals surface area (Å²) in [5, 5.41) is 12.1. The smallest absolute Gasteiger partial charge is 0.475 e. The highest BCUT2D eigenvalue weighted by molar-refractivity contribution is 7.17. The zero-order valence-electron chi connectivity index (χ0n) is 21.1. The summed E-state index contributed by atoms with van der Waals surface area (Å²) in [7, 11) is 0. The number of carboxylic acid groups (broad SMARTS) is 1. The van der Waals surface area contributed by atoms with Crippen LogP contribution in [0.5, 0.6) is 11.6 Å². The monoisotopic (exact) mass is 583 g/mol. The zero-order chi connectivity index (χ0) is 27.8. The molecular weight excluding hydrogens is 560 g/mol. The standard InChI is InChI=1S/C29H24ClF2N3O4S/c30-18-8-6-17(7-9-18)27-34-22-12-20(31)21(32)13-23(22)35(27)24(16-4-2-1-3-5-16)15-38-28-19-10-11-40-26(19)25(14-33-28)39-29(36)37/h6-14,16,24H,1-5,15H2,(H,36,37). The third-order valence-corrected chi connectivity index (χ3v) is 8.55. The van der Waals surface area contributed by atoms with Gasteiger partial charge in [-0.3, -0.25) is 0 Å². The third-order valence-electron chi connectivity index (χ3n) is 7.37. The van der Waals surface area contributed by atoms with E-state index in [0.717, 1.165) is 43.7 Å². The van der Waals surface area contributed by atoms with Crippen molar-refractivity contribution in [2.24, 2.45) is 5.92 Å². The number of aromatic nitrogens is 3. The molecule has 0 spiro atoms. The van der Waals surface area contributed by atoms with Gasteiger partial charge < -0.3 is 19.1 Å². The predicted octanol–water partition coefficient (Wildman–Crippen LogP) is 8.50. The normalized spacial score (nSPS) is 15.0. The summed E-state index contributed by atoms with van der Waals surface area (Å²) in [6.45, 7) is 0.187. The van der Waals surface area contributed by atoms with Crippen LogP contribution in [0.1, 0.15) is 38.1 Å². The number of hydrogen-bond donors (Lipinski definition) is 1. The first-order valence-electron chi connectivity index (χ1n) is 12.9. The summed E-state index contributed by atoms with van der Waals surface area (Å²) in [5.41, 5.74) is 1.58. The van der Waals surface area contributed by atoms with Crippen LogP contribution < -0.4 is 9.47 Å². The minimum atomic E-state index is -1.42. The highest BCUT2D eigenvalue weighted by Gasteiger charge is 2.31. The molecule has 6 rings (SSSR count). The Kier molecular flexibility index (Phi) is 7.29. The van der Waals surface area contributed by atoms with E-state index in [-0.39, 0.29) is 24.3 Å². The molecule has 3 heterocycles. The second-order valence-corrected chi connectivity index (χ2v) is 11.2. The van der Waals surface area contributed by atoms with E-state index in [1.165, 1.54) is 23.6 Å². The van der Waals surface area contributed by atoms with E-state index in [2.05, 4.69) is 4.98 Å². The fraction of sp³-hybridized carbons (Fsp3) is 0.276. The van der Waals surface area contributed by atoms with Crippen molar-refractivity contribution in [2.45, 2.75) is 38.1 Å². The van der Waals surface area contributed by atoms with Crippen molar-refractivity contribution in [2.75, 3.05) is 6.61 Å². The Hall–Kier alpha value is -3.76. The maximum absolute atomic E-state index is 14.6. The number of halogens is 3. The van der Waals surface area contributed by atoms with Gasteiger partial charge in [0.05, 0.1) is 33.4 Å². The number of pyridine rings is 1. The topological polar surface area (TPSA) is 86.5 Å². The number of benzene rings is 2. The van der Waals surface area contributed by atoms with Gasteiger partial charge in [-0.2, -0.15) is 0 Å². The SMILES string of the molecule is O=C(O)Oc1cnc(OCC(C2CCCCC2)n2c(-c3ccc(Cl)cc3)nc3cc(F)c(F)cc32)c2ccsc12. The van der Waals surface area contributed by atoms with E-state index in [4.69, 9.17) is 31.2 Å². The molecule has 0 amide bonds. The molecule has 40 heavy (non-hydrogen) atoms. The van der Waals surface area contributed by atoms with Crippen LogP contribution in [0.2, 0.25) is 5.02 Å². The van der Waals surface area contributed by atoms with Crippen LogP contribution >= 0.6 is 22.9 Å². The Balaban J connectivity index is 1.45. The molecule has 1 N–H and O–H groups in total.